The van der Waals surface area contributed by atoms with Gasteiger partial charge in [0.1, 0.15) is 0 Å². The minimum atomic E-state index is 0.746. The van der Waals surface area contributed by atoms with Gasteiger partial charge in [-0.3, -0.25) is 5.10 Å². The van der Waals surface area contributed by atoms with Gasteiger partial charge in [0.15, 0.2) is 0 Å². The fourth-order valence-electron chi connectivity index (χ4n) is 2.08. The molecule has 0 bridgehead atoms. The van der Waals surface area contributed by atoms with Gasteiger partial charge in [-0.2, -0.15) is 5.10 Å². The molecule has 0 aliphatic carbocycles. The Labute approximate surface area is 105 Å². The van der Waals surface area contributed by atoms with Gasteiger partial charge in [0.05, 0.1) is 23.1 Å². The average molecular weight is 238 g/mol. The molecule has 4 heteroatoms. The molecular weight excluding hydrogens is 224 g/mol. The van der Waals surface area contributed by atoms with E-state index in [1.165, 1.54) is 0 Å². The van der Waals surface area contributed by atoms with Crippen LogP contribution in [0.1, 0.15) is 0 Å². The predicted molar refractivity (Wildman–Crippen MR) is 75.0 cm³/mol. The predicted octanol–water partition coefficient (Wildman–Crippen LogP) is 2.91. The molecule has 90 valence electrons. The molecule has 3 rings (SSSR count). The van der Waals surface area contributed by atoms with Crippen molar-refractivity contribution in [2.24, 2.45) is 0 Å². The highest BCUT2D eigenvalue weighted by Crippen LogP contribution is 2.31. The maximum atomic E-state index is 6.10. The minimum Gasteiger partial charge on any atom is -0.397 e. The molecule has 1 aromatic heterocycles. The quantitative estimate of drug-likeness (QED) is 0.675. The number of aromatic amines is 1. The van der Waals surface area contributed by atoms with Gasteiger partial charge >= 0.3 is 0 Å². The SMILES string of the molecule is CN(c1ccccc1)c1cc2[nH]ncc2cc1N. The highest BCUT2D eigenvalue weighted by molar-refractivity contribution is 5.90. The van der Waals surface area contributed by atoms with Crippen molar-refractivity contribution in [3.63, 3.8) is 0 Å². The number of benzene rings is 2. The van der Waals surface area contributed by atoms with Crippen LogP contribution in [0.5, 0.6) is 0 Å². The smallest absolute Gasteiger partial charge is 0.0672 e. The summed E-state index contributed by atoms with van der Waals surface area (Å²) in [6.45, 7) is 0. The molecule has 0 fully saturated rings. The van der Waals surface area contributed by atoms with Gasteiger partial charge in [0.25, 0.3) is 0 Å². The van der Waals surface area contributed by atoms with E-state index in [1.807, 2.05) is 37.4 Å². The van der Waals surface area contributed by atoms with Crippen LogP contribution in [0.3, 0.4) is 0 Å². The zero-order valence-electron chi connectivity index (χ0n) is 10.1. The van der Waals surface area contributed by atoms with Crippen molar-refractivity contribution in [3.05, 3.63) is 48.7 Å². The van der Waals surface area contributed by atoms with E-state index in [0.717, 1.165) is 28.0 Å². The number of para-hydroxylation sites is 1. The Morgan fingerprint density at radius 3 is 2.72 bits per heavy atom. The van der Waals surface area contributed by atoms with Crippen LogP contribution in [0.2, 0.25) is 0 Å². The first-order chi connectivity index (χ1) is 8.75. The number of nitrogens with zero attached hydrogens (tertiary/aromatic N) is 2. The third-order valence-electron chi connectivity index (χ3n) is 3.09. The summed E-state index contributed by atoms with van der Waals surface area (Å²) in [5.74, 6) is 0. The van der Waals surface area contributed by atoms with Crippen LogP contribution in [-0.2, 0) is 0 Å². The van der Waals surface area contributed by atoms with Crippen LogP contribution in [0, 0.1) is 0 Å². The Kier molecular flexibility index (Phi) is 2.41. The van der Waals surface area contributed by atoms with Crippen molar-refractivity contribution >= 4 is 28.0 Å². The zero-order chi connectivity index (χ0) is 12.5. The third-order valence-corrected chi connectivity index (χ3v) is 3.09. The number of nitrogen functional groups attached to an aromatic ring is 1. The van der Waals surface area contributed by atoms with E-state index in [9.17, 15) is 0 Å². The van der Waals surface area contributed by atoms with Crippen LogP contribution in [-0.4, -0.2) is 17.2 Å². The maximum absolute atomic E-state index is 6.10. The van der Waals surface area contributed by atoms with E-state index in [2.05, 4.69) is 27.2 Å². The molecule has 1 heterocycles. The summed E-state index contributed by atoms with van der Waals surface area (Å²) in [7, 11) is 2.00. The van der Waals surface area contributed by atoms with Crippen LogP contribution < -0.4 is 10.6 Å². The first-order valence-corrected chi connectivity index (χ1v) is 5.77. The summed E-state index contributed by atoms with van der Waals surface area (Å²) >= 11 is 0. The lowest BCUT2D eigenvalue weighted by molar-refractivity contribution is 1.12. The Hall–Kier alpha value is -2.49. The Morgan fingerprint density at radius 1 is 1.17 bits per heavy atom. The molecule has 3 aromatic rings. The van der Waals surface area contributed by atoms with E-state index in [1.54, 1.807) is 6.20 Å². The van der Waals surface area contributed by atoms with Crippen LogP contribution in [0.25, 0.3) is 10.9 Å². The largest absolute Gasteiger partial charge is 0.397 e. The number of nitrogens with two attached hydrogens (primary N) is 1. The second-order valence-electron chi connectivity index (χ2n) is 4.26. The highest BCUT2D eigenvalue weighted by atomic mass is 15.1. The second-order valence-corrected chi connectivity index (χ2v) is 4.26. The topological polar surface area (TPSA) is 57.9 Å². The lowest BCUT2D eigenvalue weighted by Crippen LogP contribution is -2.11. The number of rotatable bonds is 2. The van der Waals surface area contributed by atoms with Crippen LogP contribution >= 0.6 is 0 Å². The van der Waals surface area contributed by atoms with Crippen molar-refractivity contribution in [2.75, 3.05) is 17.7 Å². The van der Waals surface area contributed by atoms with Gasteiger partial charge in [0, 0.05) is 18.1 Å². The molecule has 0 atom stereocenters. The fourth-order valence-corrected chi connectivity index (χ4v) is 2.08. The number of fused-ring (bicyclic) bond motifs is 1. The molecule has 0 saturated carbocycles. The molecule has 0 saturated heterocycles. The molecule has 0 aliphatic heterocycles. The maximum Gasteiger partial charge on any atom is 0.0672 e. The Morgan fingerprint density at radius 2 is 1.94 bits per heavy atom. The Bertz CT molecular complexity index is 673. The molecule has 3 N–H and O–H groups in total. The van der Waals surface area contributed by atoms with E-state index >= 15 is 0 Å². The van der Waals surface area contributed by atoms with Gasteiger partial charge in [-0.05, 0) is 24.3 Å². The summed E-state index contributed by atoms with van der Waals surface area (Å²) in [5, 5.41) is 8.00. The minimum absolute atomic E-state index is 0.746. The molecule has 4 nitrogen and oxygen atoms in total. The highest BCUT2D eigenvalue weighted by Gasteiger charge is 2.09. The third kappa shape index (κ3) is 1.68. The van der Waals surface area contributed by atoms with Crippen molar-refractivity contribution in [1.82, 2.24) is 10.2 Å². The number of aromatic nitrogens is 2. The summed E-state index contributed by atoms with van der Waals surface area (Å²) in [5.41, 5.74) is 9.90. The summed E-state index contributed by atoms with van der Waals surface area (Å²) in [4.78, 5) is 2.07. The molecule has 0 unspecified atom stereocenters. The van der Waals surface area contributed by atoms with Crippen molar-refractivity contribution < 1.29 is 0 Å². The van der Waals surface area contributed by atoms with Crippen molar-refractivity contribution in [3.8, 4) is 0 Å². The van der Waals surface area contributed by atoms with Crippen LogP contribution in [0.4, 0.5) is 17.1 Å². The first-order valence-electron chi connectivity index (χ1n) is 5.77. The molecule has 2 aromatic carbocycles. The average Bonchev–Trinajstić information content (AvgIpc) is 2.85. The van der Waals surface area contributed by atoms with Gasteiger partial charge in [0.2, 0.25) is 0 Å². The monoisotopic (exact) mass is 238 g/mol. The number of hydrogen-bond acceptors (Lipinski definition) is 3. The van der Waals surface area contributed by atoms with E-state index in [-0.39, 0.29) is 0 Å². The van der Waals surface area contributed by atoms with Gasteiger partial charge in [-0.1, -0.05) is 18.2 Å². The molecule has 18 heavy (non-hydrogen) atoms. The molecule has 0 spiro atoms. The summed E-state index contributed by atoms with van der Waals surface area (Å²) < 4.78 is 0. The van der Waals surface area contributed by atoms with E-state index in [4.69, 9.17) is 5.73 Å². The summed E-state index contributed by atoms with van der Waals surface area (Å²) in [6.07, 6.45) is 1.78. The van der Waals surface area contributed by atoms with Crippen molar-refractivity contribution in [1.29, 1.82) is 0 Å². The first kappa shape index (κ1) is 10.7. The fraction of sp³-hybridized carbons (Fsp3) is 0.0714. The Balaban J connectivity index is 2.10. The molecule has 0 amide bonds. The van der Waals surface area contributed by atoms with Gasteiger partial charge < -0.3 is 10.6 Å². The standard InChI is InChI=1S/C14H14N4/c1-18(11-5-3-2-4-6-11)14-8-13-10(7-12(14)15)9-16-17-13/h2-9H,15H2,1H3,(H,16,17). The van der Waals surface area contributed by atoms with Crippen molar-refractivity contribution in [2.45, 2.75) is 0 Å². The number of H-pyrrole nitrogens is 1. The normalized spacial score (nSPS) is 10.7. The number of hydrogen-bond donors (Lipinski definition) is 2. The molecule has 0 aliphatic rings. The lowest BCUT2D eigenvalue weighted by Gasteiger charge is -2.21. The van der Waals surface area contributed by atoms with E-state index < -0.39 is 0 Å². The van der Waals surface area contributed by atoms with E-state index in [0.29, 0.717) is 0 Å². The molecular formula is C14H14N4. The van der Waals surface area contributed by atoms with Gasteiger partial charge in [-0.15, -0.1) is 0 Å². The lowest BCUT2D eigenvalue weighted by atomic mass is 10.2. The number of nitrogens with one attached hydrogen (secondary N) is 1. The molecule has 0 radical (unpaired) electrons. The zero-order valence-corrected chi connectivity index (χ0v) is 10.1. The second kappa shape index (κ2) is 4.07. The van der Waals surface area contributed by atoms with Crippen LogP contribution in [0.15, 0.2) is 48.7 Å². The summed E-state index contributed by atoms with van der Waals surface area (Å²) in [6, 6.07) is 14.1. The number of anilines is 3. The van der Waals surface area contributed by atoms with Gasteiger partial charge in [-0.25, -0.2) is 0 Å².